The topological polar surface area (TPSA) is 53.8 Å². The van der Waals surface area contributed by atoms with Gasteiger partial charge in [-0.2, -0.15) is 4.99 Å². The Morgan fingerprint density at radius 2 is 2.36 bits per heavy atom. The van der Waals surface area contributed by atoms with Crippen LogP contribution in [0.3, 0.4) is 0 Å². The Labute approximate surface area is 67.7 Å². The summed E-state index contributed by atoms with van der Waals surface area (Å²) in [6.07, 6.45) is 3.14. The van der Waals surface area contributed by atoms with Crippen molar-refractivity contribution in [1.29, 1.82) is 0 Å². The fourth-order valence-electron chi connectivity index (χ4n) is 0.881. The van der Waals surface area contributed by atoms with E-state index >= 15 is 0 Å². The number of hydrogen-bond donors (Lipinski definition) is 1. The second kappa shape index (κ2) is 2.06. The maximum Gasteiger partial charge on any atom is 0.261 e. The van der Waals surface area contributed by atoms with E-state index < -0.39 is 0 Å². The molecule has 0 aromatic rings. The smallest absolute Gasteiger partial charge is 0.261 e. The molecule has 0 saturated heterocycles. The molecule has 0 fully saturated rings. The van der Waals surface area contributed by atoms with Crippen molar-refractivity contribution in [3.05, 3.63) is 11.6 Å². The average Bonchev–Trinajstić information content (AvgIpc) is 2.34. The van der Waals surface area contributed by atoms with Gasteiger partial charge in [0.25, 0.3) is 5.91 Å². The molecule has 2 aliphatic rings. The zero-order valence-corrected chi connectivity index (χ0v) is 6.18. The predicted molar refractivity (Wildman–Crippen MR) is 44.8 cm³/mol. The van der Waals surface area contributed by atoms with Crippen molar-refractivity contribution in [3.8, 4) is 0 Å². The first-order valence-corrected chi connectivity index (χ1v) is 3.37. The molecule has 0 aliphatic carbocycles. The fourth-order valence-corrected chi connectivity index (χ4v) is 1.06. The molecule has 2 heterocycles. The minimum Gasteiger partial charge on any atom is -0.297 e. The number of thiocarbonyl (C=S) groups is 1. The van der Waals surface area contributed by atoms with E-state index in [0.29, 0.717) is 11.4 Å². The molecule has 54 valence electrons. The van der Waals surface area contributed by atoms with Gasteiger partial charge in [0.05, 0.1) is 5.57 Å². The van der Waals surface area contributed by atoms with Crippen LogP contribution in [0.1, 0.15) is 0 Å². The van der Waals surface area contributed by atoms with Gasteiger partial charge < -0.3 is 0 Å². The molecule has 0 atom stereocenters. The number of aliphatic imine (C=N–C) groups is 2. The predicted octanol–water partition coefficient (Wildman–Crippen LogP) is -0.190. The van der Waals surface area contributed by atoms with Gasteiger partial charge in [-0.05, 0) is 18.3 Å². The fraction of sp³-hybridized carbons (Fsp3) is 0. The molecule has 1 amide bonds. The molecule has 0 bridgehead atoms. The number of allylic oxidation sites excluding steroid dienone is 1. The van der Waals surface area contributed by atoms with Gasteiger partial charge in [0.15, 0.2) is 5.84 Å². The van der Waals surface area contributed by atoms with Crippen LogP contribution in [0.15, 0.2) is 21.6 Å². The first kappa shape index (κ1) is 6.36. The van der Waals surface area contributed by atoms with E-state index in [0.717, 1.165) is 0 Å². The summed E-state index contributed by atoms with van der Waals surface area (Å²) < 4.78 is 0. The summed E-state index contributed by atoms with van der Waals surface area (Å²) in [5.74, 6) is 0.191. The summed E-state index contributed by atoms with van der Waals surface area (Å²) in [6.45, 7) is 0. The third kappa shape index (κ3) is 0.894. The lowest BCUT2D eigenvalue weighted by Gasteiger charge is -2.09. The molecule has 0 unspecified atom stereocenters. The second-order valence-corrected chi connectivity index (χ2v) is 2.44. The summed E-state index contributed by atoms with van der Waals surface area (Å²) in [5, 5.41) is 2.59. The lowest BCUT2D eigenvalue weighted by atomic mass is 10.2. The summed E-state index contributed by atoms with van der Waals surface area (Å²) >= 11 is 4.69. The van der Waals surface area contributed by atoms with Crippen LogP contribution in [0.25, 0.3) is 0 Å². The molecule has 0 radical (unpaired) electrons. The molecule has 2 aliphatic heterocycles. The molecule has 1 N–H and O–H groups in total. The molecule has 11 heavy (non-hydrogen) atoms. The highest BCUT2D eigenvalue weighted by molar-refractivity contribution is 7.80. The highest BCUT2D eigenvalue weighted by Gasteiger charge is 2.23. The molecule has 5 heteroatoms. The number of amidine groups is 1. The Morgan fingerprint density at radius 3 is 3.18 bits per heavy atom. The number of fused-ring (bicyclic) bond motifs is 1. The summed E-state index contributed by atoms with van der Waals surface area (Å²) in [7, 11) is 0. The first-order valence-electron chi connectivity index (χ1n) is 2.96. The van der Waals surface area contributed by atoms with E-state index in [9.17, 15) is 4.79 Å². The van der Waals surface area contributed by atoms with Crippen molar-refractivity contribution in [1.82, 2.24) is 5.32 Å². The van der Waals surface area contributed by atoms with Gasteiger partial charge >= 0.3 is 0 Å². The number of nitrogens with zero attached hydrogens (tertiary/aromatic N) is 2. The quantitative estimate of drug-likeness (QED) is 0.506. The average molecular weight is 165 g/mol. The van der Waals surface area contributed by atoms with Crippen molar-refractivity contribution in [2.45, 2.75) is 0 Å². The maximum absolute atomic E-state index is 11.1. The number of nitrogens with one attached hydrogen (secondary N) is 1. The highest BCUT2D eigenvalue weighted by atomic mass is 32.1. The minimum absolute atomic E-state index is 0.182. The Balaban J connectivity index is 2.53. The van der Waals surface area contributed by atoms with Crippen molar-refractivity contribution in [3.63, 3.8) is 0 Å². The Kier molecular flexibility index (Phi) is 1.19. The standard InChI is InChI=1S/C6H3N3OS/c10-5-3-1-2-7-4(3)8-6(11)9-5/h1-2H,(H,9,10,11). The SMILES string of the molecule is O=C1NC(=S)N=C2N=CC=C12. The number of amides is 1. The molecule has 4 nitrogen and oxygen atoms in total. The van der Waals surface area contributed by atoms with Crippen LogP contribution in [0.5, 0.6) is 0 Å². The molecule has 0 spiro atoms. The first-order chi connectivity index (χ1) is 5.27. The molecule has 0 aromatic carbocycles. The Hall–Kier alpha value is -1.36. The van der Waals surface area contributed by atoms with Gasteiger partial charge in [-0.15, -0.1) is 0 Å². The van der Waals surface area contributed by atoms with Gasteiger partial charge in [-0.3, -0.25) is 10.1 Å². The molecule has 0 aromatic heterocycles. The largest absolute Gasteiger partial charge is 0.297 e. The van der Waals surface area contributed by atoms with Crippen LogP contribution < -0.4 is 5.32 Å². The van der Waals surface area contributed by atoms with E-state index in [1.807, 2.05) is 0 Å². The van der Waals surface area contributed by atoms with Crippen molar-refractivity contribution in [2.24, 2.45) is 9.98 Å². The van der Waals surface area contributed by atoms with Crippen molar-refractivity contribution < 1.29 is 4.79 Å². The summed E-state index contributed by atoms with van der Waals surface area (Å²) in [5.41, 5.74) is 0.485. The highest BCUT2D eigenvalue weighted by Crippen LogP contribution is 2.09. The van der Waals surface area contributed by atoms with Gasteiger partial charge in [-0.25, -0.2) is 4.99 Å². The van der Waals surface area contributed by atoms with Crippen LogP contribution in [-0.4, -0.2) is 23.1 Å². The number of rotatable bonds is 0. The van der Waals surface area contributed by atoms with Crippen molar-refractivity contribution in [2.75, 3.05) is 0 Å². The molecule has 2 rings (SSSR count). The zero-order chi connectivity index (χ0) is 7.84. The Bertz CT molecular complexity index is 340. The van der Waals surface area contributed by atoms with Gasteiger partial charge in [0, 0.05) is 6.21 Å². The van der Waals surface area contributed by atoms with Crippen LogP contribution in [-0.2, 0) is 4.79 Å². The molecular formula is C6H3N3OS. The lowest BCUT2D eigenvalue weighted by molar-refractivity contribution is -0.115. The van der Waals surface area contributed by atoms with Crippen LogP contribution in [0, 0.1) is 0 Å². The maximum atomic E-state index is 11.1. The summed E-state index contributed by atoms with van der Waals surface area (Å²) in [4.78, 5) is 18.7. The number of carbonyl (C=O) groups is 1. The third-order valence-electron chi connectivity index (χ3n) is 1.35. The number of carbonyl (C=O) groups excluding carboxylic acids is 1. The molecule has 0 saturated carbocycles. The third-order valence-corrected chi connectivity index (χ3v) is 1.54. The van der Waals surface area contributed by atoms with E-state index in [1.165, 1.54) is 6.21 Å². The van der Waals surface area contributed by atoms with Crippen LogP contribution in [0.2, 0.25) is 0 Å². The zero-order valence-electron chi connectivity index (χ0n) is 5.37. The second-order valence-electron chi connectivity index (χ2n) is 2.05. The van der Waals surface area contributed by atoms with Gasteiger partial charge in [0.1, 0.15) is 0 Å². The van der Waals surface area contributed by atoms with Crippen LogP contribution in [0.4, 0.5) is 0 Å². The van der Waals surface area contributed by atoms with Gasteiger partial charge in [0.2, 0.25) is 5.11 Å². The Morgan fingerprint density at radius 1 is 1.55 bits per heavy atom. The minimum atomic E-state index is -0.225. The van der Waals surface area contributed by atoms with Crippen molar-refractivity contribution >= 4 is 35.3 Å². The lowest BCUT2D eigenvalue weighted by Crippen LogP contribution is -2.35. The molecular weight excluding hydrogens is 162 g/mol. The van der Waals surface area contributed by atoms with E-state index in [-0.39, 0.29) is 11.0 Å². The number of hydrogen-bond acceptors (Lipinski definition) is 3. The van der Waals surface area contributed by atoms with Gasteiger partial charge in [-0.1, -0.05) is 0 Å². The van der Waals surface area contributed by atoms with Crippen LogP contribution >= 0.6 is 12.2 Å². The van der Waals surface area contributed by atoms with E-state index in [1.54, 1.807) is 6.08 Å². The summed E-state index contributed by atoms with van der Waals surface area (Å²) in [6, 6.07) is 0. The normalized spacial score (nSPS) is 20.7. The van der Waals surface area contributed by atoms with E-state index in [2.05, 4.69) is 27.5 Å². The monoisotopic (exact) mass is 165 g/mol. The van der Waals surface area contributed by atoms with E-state index in [4.69, 9.17) is 0 Å².